The molecule has 3 N–H and O–H groups in total. The topological polar surface area (TPSA) is 95.7 Å². The summed E-state index contributed by atoms with van der Waals surface area (Å²) in [4.78, 5) is 40.8. The summed E-state index contributed by atoms with van der Waals surface area (Å²) in [6, 6.07) is 5.31. The summed E-state index contributed by atoms with van der Waals surface area (Å²) in [7, 11) is 0. The molecule has 0 radical (unpaired) electrons. The molecule has 1 unspecified atom stereocenters. The highest BCUT2D eigenvalue weighted by atomic mass is 16.2. The first-order valence-electron chi connectivity index (χ1n) is 11.0. The van der Waals surface area contributed by atoms with Gasteiger partial charge >= 0.3 is 0 Å². The van der Waals surface area contributed by atoms with Crippen LogP contribution in [0.25, 0.3) is 0 Å². The lowest BCUT2D eigenvalue weighted by atomic mass is 9.74. The Morgan fingerprint density at radius 2 is 1.87 bits per heavy atom. The van der Waals surface area contributed by atoms with Crippen molar-refractivity contribution in [3.8, 4) is 0 Å². The number of carbonyl (C=O) groups excluding carboxylic acids is 3. The molecule has 3 heterocycles. The van der Waals surface area contributed by atoms with Gasteiger partial charge in [0.2, 0.25) is 11.8 Å². The zero-order valence-electron chi connectivity index (χ0n) is 17.9. The third-order valence-corrected chi connectivity index (χ3v) is 7.29. The summed E-state index contributed by atoms with van der Waals surface area (Å²) in [5.74, 6) is -0.0875. The molecule has 1 aromatic carbocycles. The molecule has 3 aliphatic heterocycles. The highest BCUT2D eigenvalue weighted by Gasteiger charge is 2.40. The minimum absolute atomic E-state index is 0.107. The number of imide groups is 1. The van der Waals surface area contributed by atoms with Gasteiger partial charge in [0.05, 0.1) is 0 Å². The first-order valence-corrected chi connectivity index (χ1v) is 11.0. The number of fused-ring (bicyclic) bond motifs is 1. The van der Waals surface area contributed by atoms with Crippen LogP contribution in [0.3, 0.4) is 0 Å². The van der Waals surface area contributed by atoms with E-state index in [1.54, 1.807) is 4.90 Å². The molecule has 7 heteroatoms. The maximum Gasteiger partial charge on any atom is 0.255 e. The van der Waals surface area contributed by atoms with Crippen molar-refractivity contribution in [1.29, 1.82) is 0 Å². The molecule has 0 aliphatic carbocycles. The van der Waals surface area contributed by atoms with E-state index in [1.165, 1.54) is 0 Å². The average molecular weight is 413 g/mol. The number of carbonyl (C=O) groups is 3. The third-order valence-electron chi connectivity index (χ3n) is 7.29. The normalized spacial score (nSPS) is 23.6. The van der Waals surface area contributed by atoms with Gasteiger partial charge in [0.1, 0.15) is 6.04 Å². The van der Waals surface area contributed by atoms with Crippen LogP contribution in [0.5, 0.6) is 0 Å². The van der Waals surface area contributed by atoms with Crippen LogP contribution >= 0.6 is 0 Å². The Balaban J connectivity index is 1.45. The van der Waals surface area contributed by atoms with Crippen molar-refractivity contribution in [3.05, 3.63) is 34.9 Å². The Labute approximate surface area is 178 Å². The van der Waals surface area contributed by atoms with Crippen molar-refractivity contribution in [2.45, 2.75) is 58.7 Å². The van der Waals surface area contributed by atoms with Crippen LogP contribution < -0.4 is 11.1 Å². The average Bonchev–Trinajstić information content (AvgIpc) is 3.06. The minimum Gasteiger partial charge on any atom is -0.330 e. The highest BCUT2D eigenvalue weighted by molar-refractivity contribution is 6.05. The Morgan fingerprint density at radius 1 is 1.13 bits per heavy atom. The van der Waals surface area contributed by atoms with Crippen molar-refractivity contribution in [2.24, 2.45) is 17.1 Å². The number of hydrogen-bond donors (Lipinski definition) is 2. The van der Waals surface area contributed by atoms with E-state index in [9.17, 15) is 14.4 Å². The van der Waals surface area contributed by atoms with E-state index in [-0.39, 0.29) is 29.6 Å². The van der Waals surface area contributed by atoms with Gasteiger partial charge < -0.3 is 10.6 Å². The zero-order valence-corrected chi connectivity index (χ0v) is 17.9. The first kappa shape index (κ1) is 21.0. The van der Waals surface area contributed by atoms with Crippen LogP contribution in [0.1, 0.15) is 61.0 Å². The molecule has 0 saturated carbocycles. The van der Waals surface area contributed by atoms with E-state index in [0.29, 0.717) is 31.0 Å². The summed E-state index contributed by atoms with van der Waals surface area (Å²) in [6.07, 6.45) is 2.95. The maximum atomic E-state index is 13.0. The highest BCUT2D eigenvalue weighted by Crippen LogP contribution is 2.35. The van der Waals surface area contributed by atoms with Gasteiger partial charge in [-0.25, -0.2) is 0 Å². The maximum absolute atomic E-state index is 13.0. The summed E-state index contributed by atoms with van der Waals surface area (Å²) >= 11 is 0. The number of amides is 3. The van der Waals surface area contributed by atoms with E-state index < -0.39 is 6.04 Å². The quantitative estimate of drug-likeness (QED) is 0.717. The summed E-state index contributed by atoms with van der Waals surface area (Å²) < 4.78 is 0. The molecular formula is C23H32N4O3. The van der Waals surface area contributed by atoms with Gasteiger partial charge in [-0.1, -0.05) is 26.0 Å². The lowest BCUT2D eigenvalue weighted by Gasteiger charge is -2.40. The standard InChI is InChI=1S/C23H32N4O3/c1-23(2,14-24)16-8-10-26(11-9-16)12-15-4-3-5-17-18(15)13-27(22(17)30)19-6-7-20(28)25-21(19)29/h3-5,16,19H,6-14,24H2,1-2H3,(H,25,28,29). The largest absolute Gasteiger partial charge is 0.330 e. The number of hydrogen-bond acceptors (Lipinski definition) is 5. The number of likely N-dealkylation sites (tertiary alicyclic amines) is 1. The fourth-order valence-electron chi connectivity index (χ4n) is 5.08. The lowest BCUT2D eigenvalue weighted by molar-refractivity contribution is -0.136. The Hall–Kier alpha value is -2.25. The van der Waals surface area contributed by atoms with Gasteiger partial charge in [-0.2, -0.15) is 0 Å². The van der Waals surface area contributed by atoms with E-state index in [2.05, 4.69) is 30.1 Å². The predicted molar refractivity (Wildman–Crippen MR) is 113 cm³/mol. The molecule has 0 aromatic heterocycles. The van der Waals surface area contributed by atoms with Gasteiger partial charge in [0, 0.05) is 25.1 Å². The monoisotopic (exact) mass is 412 g/mol. The number of nitrogens with zero attached hydrogens (tertiary/aromatic N) is 2. The van der Waals surface area contributed by atoms with Gasteiger partial charge in [-0.05, 0) is 67.4 Å². The van der Waals surface area contributed by atoms with Crippen molar-refractivity contribution < 1.29 is 14.4 Å². The molecular weight excluding hydrogens is 380 g/mol. The lowest BCUT2D eigenvalue weighted by Crippen LogP contribution is -2.52. The summed E-state index contributed by atoms with van der Waals surface area (Å²) in [6.45, 7) is 8.54. The Bertz CT molecular complexity index is 858. The van der Waals surface area contributed by atoms with Crippen molar-refractivity contribution in [2.75, 3.05) is 19.6 Å². The van der Waals surface area contributed by atoms with Crippen molar-refractivity contribution in [1.82, 2.24) is 15.1 Å². The SMILES string of the molecule is CC(C)(CN)C1CCN(Cc2cccc3c2CN(C2CCC(=O)NC2=O)C3=O)CC1. The molecule has 2 saturated heterocycles. The zero-order chi connectivity index (χ0) is 21.5. The molecule has 4 rings (SSSR count). The molecule has 0 bridgehead atoms. The van der Waals surface area contributed by atoms with Crippen LogP contribution in [0.2, 0.25) is 0 Å². The molecule has 3 amide bonds. The molecule has 30 heavy (non-hydrogen) atoms. The van der Waals surface area contributed by atoms with E-state index in [1.807, 2.05) is 12.1 Å². The molecule has 0 spiro atoms. The van der Waals surface area contributed by atoms with E-state index >= 15 is 0 Å². The third kappa shape index (κ3) is 3.88. The number of nitrogens with one attached hydrogen (secondary N) is 1. The summed E-state index contributed by atoms with van der Waals surface area (Å²) in [5, 5.41) is 2.37. The predicted octanol–water partition coefficient (Wildman–Crippen LogP) is 1.64. The number of piperidine rings is 2. The van der Waals surface area contributed by atoms with Crippen LogP contribution in [0.4, 0.5) is 0 Å². The van der Waals surface area contributed by atoms with Gasteiger partial charge in [0.15, 0.2) is 0 Å². The van der Waals surface area contributed by atoms with Crippen molar-refractivity contribution >= 4 is 17.7 Å². The van der Waals surface area contributed by atoms with Crippen LogP contribution in [-0.2, 0) is 22.7 Å². The van der Waals surface area contributed by atoms with E-state index in [0.717, 1.165) is 43.6 Å². The minimum atomic E-state index is -0.565. The fourth-order valence-corrected chi connectivity index (χ4v) is 5.08. The fraction of sp³-hybridized carbons (Fsp3) is 0.609. The second kappa shape index (κ2) is 8.12. The van der Waals surface area contributed by atoms with Gasteiger partial charge in [-0.15, -0.1) is 0 Å². The second-order valence-electron chi connectivity index (χ2n) is 9.59. The van der Waals surface area contributed by atoms with Gasteiger partial charge in [-0.3, -0.25) is 24.6 Å². The van der Waals surface area contributed by atoms with Gasteiger partial charge in [0.25, 0.3) is 5.91 Å². The Kier molecular flexibility index (Phi) is 5.68. The van der Waals surface area contributed by atoms with Crippen LogP contribution in [-0.4, -0.2) is 53.2 Å². The molecule has 7 nitrogen and oxygen atoms in total. The summed E-state index contributed by atoms with van der Waals surface area (Å²) in [5.41, 5.74) is 9.02. The second-order valence-corrected chi connectivity index (χ2v) is 9.59. The number of rotatable bonds is 5. The molecule has 162 valence electrons. The van der Waals surface area contributed by atoms with E-state index in [4.69, 9.17) is 5.73 Å². The molecule has 1 aromatic rings. The Morgan fingerprint density at radius 3 is 2.53 bits per heavy atom. The van der Waals surface area contributed by atoms with Crippen LogP contribution in [0, 0.1) is 11.3 Å². The van der Waals surface area contributed by atoms with Crippen molar-refractivity contribution in [3.63, 3.8) is 0 Å². The molecule has 1 atom stereocenters. The number of benzene rings is 1. The molecule has 2 fully saturated rings. The van der Waals surface area contributed by atoms with Crippen LogP contribution in [0.15, 0.2) is 18.2 Å². The smallest absolute Gasteiger partial charge is 0.255 e. The first-order chi connectivity index (χ1) is 14.3. The molecule has 3 aliphatic rings. The number of nitrogens with two attached hydrogens (primary N) is 1.